The lowest BCUT2D eigenvalue weighted by molar-refractivity contribution is -0.134. The van der Waals surface area contributed by atoms with Crippen LogP contribution in [0.1, 0.15) is 41.0 Å². The summed E-state index contributed by atoms with van der Waals surface area (Å²) in [6.45, 7) is 7.51. The first-order valence-electron chi connectivity index (χ1n) is 6.59. The van der Waals surface area contributed by atoms with Crippen LogP contribution in [0.3, 0.4) is 0 Å². The Balaban J connectivity index is 2.58. The Labute approximate surface area is 117 Å². The Morgan fingerprint density at radius 3 is 2.35 bits per heavy atom. The Hall–Kier alpha value is -1.40. The van der Waals surface area contributed by atoms with Gasteiger partial charge in [-0.15, -0.1) is 0 Å². The minimum absolute atomic E-state index is 0.349. The van der Waals surface area contributed by atoms with Gasteiger partial charge in [-0.2, -0.15) is 0 Å². The van der Waals surface area contributed by atoms with Crippen LogP contribution in [0.2, 0.25) is 0 Å². The van der Waals surface area contributed by atoms with E-state index in [9.17, 15) is 18.4 Å². The molecule has 5 nitrogen and oxygen atoms in total. The van der Waals surface area contributed by atoms with Crippen LogP contribution in [0.5, 0.6) is 0 Å². The number of likely N-dealkylation sites (tertiary alicyclic amines) is 1. The first kappa shape index (κ1) is 16.7. The van der Waals surface area contributed by atoms with Crippen molar-refractivity contribution >= 4 is 12.0 Å². The fourth-order valence-electron chi connectivity index (χ4n) is 2.10. The van der Waals surface area contributed by atoms with Gasteiger partial charge in [-0.1, -0.05) is 0 Å². The summed E-state index contributed by atoms with van der Waals surface area (Å²) in [6.07, 6.45) is -1.09. The van der Waals surface area contributed by atoms with Crippen molar-refractivity contribution in [3.05, 3.63) is 0 Å². The van der Waals surface area contributed by atoms with Gasteiger partial charge in [-0.25, -0.2) is 13.6 Å². The SMILES string of the molecule is C[C@@H](NC(=O)OC(C)(C)C)C(=O)N1CC(F)(F)C[C@@H]1C. The number of carbonyl (C=O) groups is 2. The summed E-state index contributed by atoms with van der Waals surface area (Å²) in [5.41, 5.74) is -0.680. The molecule has 0 aromatic rings. The van der Waals surface area contributed by atoms with Crippen LogP contribution >= 0.6 is 0 Å². The van der Waals surface area contributed by atoms with Gasteiger partial charge in [0.2, 0.25) is 5.91 Å². The van der Waals surface area contributed by atoms with Crippen LogP contribution in [-0.2, 0) is 9.53 Å². The fourth-order valence-corrected chi connectivity index (χ4v) is 2.10. The molecule has 0 aromatic heterocycles. The highest BCUT2D eigenvalue weighted by atomic mass is 19.3. The highest BCUT2D eigenvalue weighted by Crippen LogP contribution is 2.32. The van der Waals surface area contributed by atoms with Crippen molar-refractivity contribution in [1.82, 2.24) is 10.2 Å². The summed E-state index contributed by atoms with van der Waals surface area (Å²) in [6, 6.07) is -1.44. The number of rotatable bonds is 2. The Morgan fingerprint density at radius 1 is 1.40 bits per heavy atom. The third kappa shape index (κ3) is 4.61. The number of alkyl halides is 2. The summed E-state index contributed by atoms with van der Waals surface area (Å²) in [7, 11) is 0. The van der Waals surface area contributed by atoms with Gasteiger partial charge in [0, 0.05) is 12.5 Å². The zero-order valence-electron chi connectivity index (χ0n) is 12.5. The average molecular weight is 292 g/mol. The second-order valence-corrected chi connectivity index (χ2v) is 6.24. The first-order chi connectivity index (χ1) is 8.91. The van der Waals surface area contributed by atoms with E-state index in [-0.39, 0.29) is 6.42 Å². The van der Waals surface area contributed by atoms with Gasteiger partial charge in [0.15, 0.2) is 0 Å². The van der Waals surface area contributed by atoms with Crippen molar-refractivity contribution in [3.8, 4) is 0 Å². The summed E-state index contributed by atoms with van der Waals surface area (Å²) >= 11 is 0. The van der Waals surface area contributed by atoms with E-state index < -0.39 is 42.2 Å². The highest BCUT2D eigenvalue weighted by Gasteiger charge is 2.45. The van der Waals surface area contributed by atoms with E-state index in [1.165, 1.54) is 6.92 Å². The maximum absolute atomic E-state index is 13.2. The lowest BCUT2D eigenvalue weighted by Crippen LogP contribution is -2.49. The molecule has 116 valence electrons. The number of nitrogens with zero attached hydrogens (tertiary/aromatic N) is 1. The molecule has 1 rings (SSSR count). The summed E-state index contributed by atoms with van der Waals surface area (Å²) < 4.78 is 31.5. The van der Waals surface area contributed by atoms with Gasteiger partial charge in [0.1, 0.15) is 11.6 Å². The number of amides is 2. The topological polar surface area (TPSA) is 58.6 Å². The molecule has 1 fully saturated rings. The number of alkyl carbamates (subject to hydrolysis) is 1. The fraction of sp³-hybridized carbons (Fsp3) is 0.846. The van der Waals surface area contributed by atoms with Crippen molar-refractivity contribution in [2.75, 3.05) is 6.54 Å². The molecule has 7 heteroatoms. The molecule has 0 bridgehead atoms. The minimum Gasteiger partial charge on any atom is -0.444 e. The van der Waals surface area contributed by atoms with Crippen LogP contribution in [0, 0.1) is 0 Å². The normalized spacial score (nSPS) is 23.4. The lowest BCUT2D eigenvalue weighted by Gasteiger charge is -2.26. The predicted molar refractivity (Wildman–Crippen MR) is 69.6 cm³/mol. The van der Waals surface area contributed by atoms with Gasteiger partial charge in [0.25, 0.3) is 5.92 Å². The number of hydrogen-bond donors (Lipinski definition) is 1. The standard InChI is InChI=1S/C13H22F2N2O3/c1-8-6-13(14,15)7-17(8)10(18)9(2)16-11(19)20-12(3,4)5/h8-9H,6-7H2,1-5H3,(H,16,19)/t8-,9+/m0/s1. The van der Waals surface area contributed by atoms with E-state index >= 15 is 0 Å². The van der Waals surface area contributed by atoms with E-state index in [1.54, 1.807) is 27.7 Å². The molecule has 0 unspecified atom stereocenters. The van der Waals surface area contributed by atoms with Crippen LogP contribution < -0.4 is 5.32 Å². The average Bonchev–Trinajstić information content (AvgIpc) is 2.47. The van der Waals surface area contributed by atoms with Gasteiger partial charge < -0.3 is 15.0 Å². The van der Waals surface area contributed by atoms with Crippen molar-refractivity contribution in [2.24, 2.45) is 0 Å². The molecular formula is C13H22F2N2O3. The number of hydrogen-bond acceptors (Lipinski definition) is 3. The molecule has 1 aliphatic heterocycles. The molecular weight excluding hydrogens is 270 g/mol. The minimum atomic E-state index is -2.86. The van der Waals surface area contributed by atoms with Crippen LogP contribution in [0.4, 0.5) is 13.6 Å². The van der Waals surface area contributed by atoms with Crippen molar-refractivity contribution < 1.29 is 23.1 Å². The number of halogens is 2. The van der Waals surface area contributed by atoms with Crippen molar-refractivity contribution in [2.45, 2.75) is 64.6 Å². The van der Waals surface area contributed by atoms with Crippen LogP contribution in [-0.4, -0.2) is 47.1 Å². The molecule has 1 saturated heterocycles. The third-order valence-corrected chi connectivity index (χ3v) is 2.91. The first-order valence-corrected chi connectivity index (χ1v) is 6.59. The number of nitrogens with one attached hydrogen (secondary N) is 1. The Kier molecular flexibility index (Phi) is 4.61. The smallest absolute Gasteiger partial charge is 0.408 e. The lowest BCUT2D eigenvalue weighted by atomic mass is 10.2. The molecule has 1 N–H and O–H groups in total. The maximum Gasteiger partial charge on any atom is 0.408 e. The van der Waals surface area contributed by atoms with Crippen LogP contribution in [0.15, 0.2) is 0 Å². The summed E-state index contributed by atoms with van der Waals surface area (Å²) in [5.74, 6) is -3.39. The molecule has 0 aromatic carbocycles. The third-order valence-electron chi connectivity index (χ3n) is 2.91. The number of carbonyl (C=O) groups excluding carboxylic acids is 2. The van der Waals surface area contributed by atoms with Gasteiger partial charge >= 0.3 is 6.09 Å². The molecule has 2 amide bonds. The van der Waals surface area contributed by atoms with E-state index in [4.69, 9.17) is 4.74 Å². The predicted octanol–water partition coefficient (Wildman–Crippen LogP) is 2.16. The Bertz CT molecular complexity index is 394. The maximum atomic E-state index is 13.2. The molecule has 0 radical (unpaired) electrons. The second kappa shape index (κ2) is 5.54. The van der Waals surface area contributed by atoms with Crippen LogP contribution in [0.25, 0.3) is 0 Å². The molecule has 1 heterocycles. The van der Waals surface area contributed by atoms with Crippen molar-refractivity contribution in [3.63, 3.8) is 0 Å². The zero-order chi connectivity index (χ0) is 15.7. The van der Waals surface area contributed by atoms with Gasteiger partial charge in [0.05, 0.1) is 6.54 Å². The summed E-state index contributed by atoms with van der Waals surface area (Å²) in [4.78, 5) is 24.7. The van der Waals surface area contributed by atoms with Gasteiger partial charge in [-0.05, 0) is 34.6 Å². The molecule has 0 aliphatic carbocycles. The monoisotopic (exact) mass is 292 g/mol. The van der Waals surface area contributed by atoms with E-state index in [1.807, 2.05) is 0 Å². The van der Waals surface area contributed by atoms with E-state index in [2.05, 4.69) is 5.32 Å². The molecule has 0 spiro atoms. The van der Waals surface area contributed by atoms with E-state index in [0.717, 1.165) is 4.90 Å². The van der Waals surface area contributed by atoms with Gasteiger partial charge in [-0.3, -0.25) is 4.79 Å². The highest BCUT2D eigenvalue weighted by molar-refractivity contribution is 5.85. The Morgan fingerprint density at radius 2 is 1.95 bits per heavy atom. The molecule has 20 heavy (non-hydrogen) atoms. The quantitative estimate of drug-likeness (QED) is 0.848. The second-order valence-electron chi connectivity index (χ2n) is 6.24. The zero-order valence-corrected chi connectivity index (χ0v) is 12.5. The summed E-state index contributed by atoms with van der Waals surface area (Å²) in [5, 5.41) is 2.36. The largest absolute Gasteiger partial charge is 0.444 e. The molecule has 0 saturated carbocycles. The molecule has 2 atom stereocenters. The van der Waals surface area contributed by atoms with Crippen molar-refractivity contribution in [1.29, 1.82) is 0 Å². The van der Waals surface area contributed by atoms with E-state index in [0.29, 0.717) is 0 Å². The number of ether oxygens (including phenoxy) is 1. The molecule has 1 aliphatic rings.